The normalized spacial score (nSPS) is 11.2. The number of nitrogens with zero attached hydrogens (tertiary/aromatic N) is 6. The molecule has 0 spiro atoms. The Kier molecular flexibility index (Phi) is 5.33. The minimum atomic E-state index is -0.527. The van der Waals surface area contributed by atoms with Gasteiger partial charge in [-0.1, -0.05) is 13.0 Å². The number of anilines is 1. The largest absolute Gasteiger partial charge is 0.436 e. The van der Waals surface area contributed by atoms with E-state index in [9.17, 15) is 9.18 Å². The highest BCUT2D eigenvalue weighted by Crippen LogP contribution is 2.26. The van der Waals surface area contributed by atoms with Crippen LogP contribution in [0.2, 0.25) is 0 Å². The molecule has 0 atom stereocenters. The Hall–Kier alpha value is -4.47. The molecule has 1 N–H and O–H groups in total. The van der Waals surface area contributed by atoms with E-state index in [0.29, 0.717) is 23.0 Å². The van der Waals surface area contributed by atoms with Crippen molar-refractivity contribution >= 4 is 17.4 Å². The van der Waals surface area contributed by atoms with Gasteiger partial charge in [0, 0.05) is 48.0 Å². The molecule has 0 fully saturated rings. The van der Waals surface area contributed by atoms with Crippen LogP contribution in [0.5, 0.6) is 0 Å². The lowest BCUT2D eigenvalue weighted by atomic mass is 10.1. The number of nitrogens with one attached hydrogen (secondary N) is 1. The van der Waals surface area contributed by atoms with Crippen molar-refractivity contribution in [2.45, 2.75) is 27.2 Å². The highest BCUT2D eigenvalue weighted by Gasteiger charge is 2.18. The van der Waals surface area contributed by atoms with Crippen LogP contribution in [0.25, 0.3) is 28.3 Å². The van der Waals surface area contributed by atoms with Crippen molar-refractivity contribution in [3.05, 3.63) is 77.8 Å². The quantitative estimate of drug-likeness (QED) is 0.416. The van der Waals surface area contributed by atoms with Crippen molar-refractivity contribution in [2.75, 3.05) is 5.32 Å². The molecule has 5 aromatic rings. The molecule has 0 unspecified atom stereocenters. The van der Waals surface area contributed by atoms with Crippen LogP contribution in [0.3, 0.4) is 0 Å². The summed E-state index contributed by atoms with van der Waals surface area (Å²) in [4.78, 5) is 29.8. The Balaban J connectivity index is 1.48. The van der Waals surface area contributed by atoms with Gasteiger partial charge in [-0.15, -0.1) is 5.10 Å². The maximum Gasteiger partial charge on any atom is 0.293 e. The molecule has 0 aliphatic carbocycles. The molecule has 0 aliphatic heterocycles. The lowest BCUT2D eigenvalue weighted by Crippen LogP contribution is -2.12. The fourth-order valence-corrected chi connectivity index (χ4v) is 3.72. The smallest absolute Gasteiger partial charge is 0.293 e. The van der Waals surface area contributed by atoms with Crippen LogP contribution in [-0.4, -0.2) is 35.5 Å². The van der Waals surface area contributed by atoms with Gasteiger partial charge in [0.15, 0.2) is 11.7 Å². The summed E-state index contributed by atoms with van der Waals surface area (Å²) in [5.74, 6) is -0.0445. The summed E-state index contributed by atoms with van der Waals surface area (Å²) in [5.41, 5.74) is 3.69. The molecule has 10 heteroatoms. The molecule has 34 heavy (non-hydrogen) atoms. The van der Waals surface area contributed by atoms with E-state index in [-0.39, 0.29) is 17.1 Å². The van der Waals surface area contributed by atoms with Crippen molar-refractivity contribution in [1.29, 1.82) is 0 Å². The van der Waals surface area contributed by atoms with Gasteiger partial charge < -0.3 is 9.73 Å². The van der Waals surface area contributed by atoms with Gasteiger partial charge in [0.1, 0.15) is 5.82 Å². The van der Waals surface area contributed by atoms with Crippen molar-refractivity contribution in [1.82, 2.24) is 29.5 Å². The zero-order chi connectivity index (χ0) is 23.8. The van der Waals surface area contributed by atoms with Gasteiger partial charge in [-0.25, -0.2) is 18.9 Å². The molecule has 1 amide bonds. The van der Waals surface area contributed by atoms with Crippen molar-refractivity contribution in [3.63, 3.8) is 0 Å². The minimum Gasteiger partial charge on any atom is -0.436 e. The molecule has 4 aromatic heterocycles. The highest BCUT2D eigenvalue weighted by atomic mass is 19.1. The molecule has 0 bridgehead atoms. The van der Waals surface area contributed by atoms with E-state index < -0.39 is 11.7 Å². The number of oxazole rings is 1. The summed E-state index contributed by atoms with van der Waals surface area (Å²) in [5, 5.41) is 7.13. The first-order chi connectivity index (χ1) is 16.4. The third kappa shape index (κ3) is 3.90. The summed E-state index contributed by atoms with van der Waals surface area (Å²) in [6.45, 7) is 5.37. The monoisotopic (exact) mass is 457 g/mol. The number of carbonyl (C=O) groups is 1. The maximum atomic E-state index is 14.7. The number of amides is 1. The molecular weight excluding hydrogens is 437 g/mol. The van der Waals surface area contributed by atoms with Gasteiger partial charge in [0.05, 0.1) is 11.3 Å². The van der Waals surface area contributed by atoms with Crippen molar-refractivity contribution < 1.29 is 13.6 Å². The Morgan fingerprint density at radius 2 is 2.00 bits per heavy atom. The van der Waals surface area contributed by atoms with Crippen LogP contribution in [0, 0.1) is 19.7 Å². The topological polar surface area (TPSA) is 111 Å². The van der Waals surface area contributed by atoms with Gasteiger partial charge in [-0.2, -0.15) is 4.98 Å². The first-order valence-corrected chi connectivity index (χ1v) is 10.6. The third-order valence-corrected chi connectivity index (χ3v) is 5.30. The zero-order valence-corrected chi connectivity index (χ0v) is 18.7. The predicted molar refractivity (Wildman–Crippen MR) is 123 cm³/mol. The Morgan fingerprint density at radius 1 is 1.15 bits per heavy atom. The first-order valence-electron chi connectivity index (χ1n) is 10.6. The molecule has 0 saturated heterocycles. The number of hydrogen-bond donors (Lipinski definition) is 1. The highest BCUT2D eigenvalue weighted by molar-refractivity contribution is 6.03. The zero-order valence-electron chi connectivity index (χ0n) is 18.7. The molecular formula is C24H20FN7O2. The number of fused-ring (bicyclic) bond motifs is 1. The number of halogens is 1. The van der Waals surface area contributed by atoms with E-state index in [1.807, 2.05) is 19.1 Å². The van der Waals surface area contributed by atoms with Crippen LogP contribution in [0.1, 0.15) is 34.8 Å². The Bertz CT molecular complexity index is 1540. The maximum absolute atomic E-state index is 14.7. The first kappa shape index (κ1) is 21.4. The molecule has 5 rings (SSSR count). The molecule has 170 valence electrons. The third-order valence-electron chi connectivity index (χ3n) is 5.30. The van der Waals surface area contributed by atoms with Crippen LogP contribution in [0.4, 0.5) is 10.1 Å². The SMILES string of the molecule is CCc1ncccc1-c1cnc2nc(-c3cc(NC(=O)c4oc(C)nc4C)ccc3F)nn2c1. The fourth-order valence-electron chi connectivity index (χ4n) is 3.72. The Labute approximate surface area is 193 Å². The Morgan fingerprint density at radius 3 is 2.76 bits per heavy atom. The summed E-state index contributed by atoms with van der Waals surface area (Å²) in [6, 6.07) is 8.00. The molecule has 0 aliphatic rings. The van der Waals surface area contributed by atoms with Gasteiger partial charge >= 0.3 is 0 Å². The molecule has 9 nitrogen and oxygen atoms in total. The van der Waals surface area contributed by atoms with E-state index in [1.54, 1.807) is 32.4 Å². The number of pyridine rings is 1. The van der Waals surface area contributed by atoms with Crippen molar-refractivity contribution in [2.24, 2.45) is 0 Å². The van der Waals surface area contributed by atoms with E-state index >= 15 is 0 Å². The lowest BCUT2D eigenvalue weighted by Gasteiger charge is -2.06. The standard InChI is InChI=1S/C24H20FN7O2/c1-4-20-17(6-5-9-26-20)15-11-27-24-30-22(31-32(24)12-15)18-10-16(7-8-19(18)25)29-23(33)21-13(2)28-14(3)34-21/h5-12H,4H2,1-3H3,(H,29,33). The summed E-state index contributed by atoms with van der Waals surface area (Å²) in [7, 11) is 0. The number of hydrogen-bond acceptors (Lipinski definition) is 7. The number of aromatic nitrogens is 6. The van der Waals surface area contributed by atoms with Gasteiger partial charge in [0.2, 0.25) is 5.76 Å². The van der Waals surface area contributed by atoms with E-state index in [1.165, 1.54) is 22.7 Å². The molecule has 0 saturated carbocycles. The molecule has 0 radical (unpaired) electrons. The summed E-state index contributed by atoms with van der Waals surface area (Å²) in [6.07, 6.45) is 6.00. The average molecular weight is 457 g/mol. The van der Waals surface area contributed by atoms with Crippen LogP contribution in [-0.2, 0) is 6.42 Å². The number of rotatable bonds is 5. The van der Waals surface area contributed by atoms with Crippen molar-refractivity contribution in [3.8, 4) is 22.5 Å². The molecule has 4 heterocycles. The summed E-state index contributed by atoms with van der Waals surface area (Å²) < 4.78 is 21.6. The number of aryl methyl sites for hydroxylation is 3. The van der Waals surface area contributed by atoms with E-state index in [4.69, 9.17) is 4.42 Å². The van der Waals surface area contributed by atoms with E-state index in [2.05, 4.69) is 30.4 Å². The van der Waals surface area contributed by atoms with Crippen LogP contribution in [0.15, 0.2) is 53.3 Å². The summed E-state index contributed by atoms with van der Waals surface area (Å²) >= 11 is 0. The fraction of sp³-hybridized carbons (Fsp3) is 0.167. The molecule has 1 aromatic carbocycles. The lowest BCUT2D eigenvalue weighted by molar-refractivity contribution is 0.0994. The van der Waals surface area contributed by atoms with Gasteiger partial charge in [0.25, 0.3) is 11.7 Å². The average Bonchev–Trinajstić information content (AvgIpc) is 3.41. The van der Waals surface area contributed by atoms with Gasteiger partial charge in [-0.3, -0.25) is 9.78 Å². The van der Waals surface area contributed by atoms with Gasteiger partial charge in [-0.05, 0) is 37.6 Å². The van der Waals surface area contributed by atoms with Crippen LogP contribution < -0.4 is 5.32 Å². The second-order valence-corrected chi connectivity index (χ2v) is 7.67. The van der Waals surface area contributed by atoms with E-state index in [0.717, 1.165) is 23.2 Å². The minimum absolute atomic E-state index is 0.104. The second kappa shape index (κ2) is 8.47. The second-order valence-electron chi connectivity index (χ2n) is 7.67. The van der Waals surface area contributed by atoms with Crippen LogP contribution >= 0.6 is 0 Å². The number of carbonyl (C=O) groups excluding carboxylic acids is 1. The predicted octanol–water partition coefficient (Wildman–Crippen LogP) is 4.41. The number of benzene rings is 1.